The van der Waals surface area contributed by atoms with E-state index in [0.29, 0.717) is 18.3 Å². The van der Waals surface area contributed by atoms with Crippen molar-refractivity contribution in [2.24, 2.45) is 17.8 Å². The van der Waals surface area contributed by atoms with Gasteiger partial charge >= 0.3 is 0 Å². The van der Waals surface area contributed by atoms with E-state index >= 15 is 0 Å². The Bertz CT molecular complexity index is 451. The molecule has 0 aromatic heterocycles. The number of nitrogens with one attached hydrogen (secondary N) is 1. The van der Waals surface area contributed by atoms with Crippen LogP contribution in [0.1, 0.15) is 38.5 Å². The lowest BCUT2D eigenvalue weighted by molar-refractivity contribution is -0.497. The van der Waals surface area contributed by atoms with Gasteiger partial charge in [-0.05, 0) is 37.5 Å². The SMILES string of the molecule is O=C(NC1C2CCCC1CN(C1CC1)C2)C1CC1[N+](=O)[O-]. The Morgan fingerprint density at radius 3 is 2.33 bits per heavy atom. The molecule has 4 fully saturated rings. The van der Waals surface area contributed by atoms with Crippen molar-refractivity contribution in [2.45, 2.75) is 56.7 Å². The fourth-order valence-electron chi connectivity index (χ4n) is 4.41. The average Bonchev–Trinajstić information content (AvgIpc) is 3.30. The molecule has 6 nitrogen and oxygen atoms in total. The van der Waals surface area contributed by atoms with Crippen LogP contribution in [0.2, 0.25) is 0 Å². The van der Waals surface area contributed by atoms with Gasteiger partial charge in [-0.2, -0.15) is 0 Å². The number of likely N-dealkylation sites (tertiary alicyclic amines) is 1. The molecule has 1 amide bonds. The third-order valence-corrected chi connectivity index (χ3v) is 5.84. The maximum Gasteiger partial charge on any atom is 0.230 e. The van der Waals surface area contributed by atoms with Crippen LogP contribution in [0, 0.1) is 27.9 Å². The number of carbonyl (C=O) groups is 1. The van der Waals surface area contributed by atoms with Crippen LogP contribution < -0.4 is 5.32 Å². The summed E-state index contributed by atoms with van der Waals surface area (Å²) >= 11 is 0. The number of hydrogen-bond acceptors (Lipinski definition) is 4. The van der Waals surface area contributed by atoms with Crippen LogP contribution in [0.5, 0.6) is 0 Å². The van der Waals surface area contributed by atoms with Crippen molar-refractivity contribution in [3.63, 3.8) is 0 Å². The number of hydrogen-bond donors (Lipinski definition) is 1. The Balaban J connectivity index is 1.38. The molecule has 0 radical (unpaired) electrons. The van der Waals surface area contributed by atoms with E-state index < -0.39 is 6.04 Å². The minimum absolute atomic E-state index is 0.0709. The lowest BCUT2D eigenvalue weighted by Crippen LogP contribution is -2.58. The van der Waals surface area contributed by atoms with Crippen molar-refractivity contribution in [1.29, 1.82) is 0 Å². The Kier molecular flexibility index (Phi) is 3.17. The van der Waals surface area contributed by atoms with Gasteiger partial charge in [0.2, 0.25) is 11.9 Å². The zero-order chi connectivity index (χ0) is 14.6. The maximum absolute atomic E-state index is 12.2. The fraction of sp³-hybridized carbons (Fsp3) is 0.933. The number of amides is 1. The van der Waals surface area contributed by atoms with Crippen molar-refractivity contribution >= 4 is 5.91 Å². The van der Waals surface area contributed by atoms with Crippen LogP contribution in [-0.2, 0) is 4.79 Å². The van der Waals surface area contributed by atoms with Crippen LogP contribution in [0.15, 0.2) is 0 Å². The summed E-state index contributed by atoms with van der Waals surface area (Å²) in [6.07, 6.45) is 6.74. The highest BCUT2D eigenvalue weighted by atomic mass is 16.6. The summed E-state index contributed by atoms with van der Waals surface area (Å²) in [5.41, 5.74) is 0. The summed E-state index contributed by atoms with van der Waals surface area (Å²) in [7, 11) is 0. The normalized spacial score (nSPS) is 42.4. The van der Waals surface area contributed by atoms with E-state index in [1.807, 2.05) is 0 Å². The first-order valence-electron chi connectivity index (χ1n) is 8.31. The molecular weight excluding hydrogens is 270 g/mol. The minimum Gasteiger partial charge on any atom is -0.352 e. The zero-order valence-corrected chi connectivity index (χ0v) is 12.2. The highest BCUT2D eigenvalue weighted by Crippen LogP contribution is 2.40. The predicted octanol–water partition coefficient (Wildman–Crippen LogP) is 1.03. The second kappa shape index (κ2) is 4.93. The largest absolute Gasteiger partial charge is 0.352 e. The van der Waals surface area contributed by atoms with Gasteiger partial charge in [-0.1, -0.05) is 6.42 Å². The smallest absolute Gasteiger partial charge is 0.230 e. The van der Waals surface area contributed by atoms with Gasteiger partial charge in [0.15, 0.2) is 0 Å². The number of piperidine rings is 1. The monoisotopic (exact) mass is 293 g/mol. The Labute approximate surface area is 124 Å². The van der Waals surface area contributed by atoms with Crippen LogP contribution in [0.3, 0.4) is 0 Å². The summed E-state index contributed by atoms with van der Waals surface area (Å²) in [5, 5.41) is 13.9. The molecule has 21 heavy (non-hydrogen) atoms. The number of nitro groups is 1. The molecule has 116 valence electrons. The predicted molar refractivity (Wildman–Crippen MR) is 76.2 cm³/mol. The van der Waals surface area contributed by atoms with Crippen molar-refractivity contribution in [3.8, 4) is 0 Å². The van der Waals surface area contributed by atoms with Crippen molar-refractivity contribution < 1.29 is 9.72 Å². The van der Waals surface area contributed by atoms with E-state index in [1.54, 1.807) is 0 Å². The molecule has 0 aromatic rings. The Morgan fingerprint density at radius 1 is 1.14 bits per heavy atom. The number of nitrogens with zero attached hydrogens (tertiary/aromatic N) is 2. The molecule has 4 rings (SSSR count). The van der Waals surface area contributed by atoms with Crippen molar-refractivity contribution in [1.82, 2.24) is 10.2 Å². The van der Waals surface area contributed by atoms with Gasteiger partial charge in [0.25, 0.3) is 0 Å². The molecular formula is C15H23N3O3. The van der Waals surface area contributed by atoms with Gasteiger partial charge in [0.1, 0.15) is 5.92 Å². The van der Waals surface area contributed by atoms with E-state index in [1.165, 1.54) is 32.1 Å². The number of rotatable bonds is 4. The van der Waals surface area contributed by atoms with Gasteiger partial charge < -0.3 is 5.32 Å². The first-order valence-corrected chi connectivity index (χ1v) is 8.31. The molecule has 1 aliphatic heterocycles. The van der Waals surface area contributed by atoms with Gasteiger partial charge in [0, 0.05) is 36.5 Å². The van der Waals surface area contributed by atoms with Crippen LogP contribution in [0.25, 0.3) is 0 Å². The number of fused-ring (bicyclic) bond motifs is 2. The quantitative estimate of drug-likeness (QED) is 0.620. The Morgan fingerprint density at radius 2 is 1.81 bits per heavy atom. The zero-order valence-electron chi connectivity index (χ0n) is 12.2. The summed E-state index contributed by atoms with van der Waals surface area (Å²) in [6, 6.07) is 0.428. The molecule has 2 bridgehead atoms. The van der Waals surface area contributed by atoms with Gasteiger partial charge in [-0.15, -0.1) is 0 Å². The van der Waals surface area contributed by atoms with Gasteiger partial charge in [-0.25, -0.2) is 0 Å². The van der Waals surface area contributed by atoms with E-state index in [-0.39, 0.29) is 22.8 Å². The molecule has 0 spiro atoms. The summed E-state index contributed by atoms with van der Waals surface area (Å²) < 4.78 is 0. The summed E-state index contributed by atoms with van der Waals surface area (Å²) in [4.78, 5) is 25.2. The molecule has 1 saturated heterocycles. The highest BCUT2D eigenvalue weighted by molar-refractivity contribution is 5.82. The fourth-order valence-corrected chi connectivity index (χ4v) is 4.41. The lowest BCUT2D eigenvalue weighted by atomic mass is 9.73. The van der Waals surface area contributed by atoms with Crippen LogP contribution in [-0.4, -0.2) is 46.9 Å². The first kappa shape index (κ1) is 13.5. The molecule has 4 aliphatic rings. The number of carbonyl (C=O) groups excluding carboxylic acids is 1. The van der Waals surface area contributed by atoms with Crippen LogP contribution >= 0.6 is 0 Å². The third kappa shape index (κ3) is 2.54. The van der Waals surface area contributed by atoms with E-state index in [9.17, 15) is 14.9 Å². The molecule has 0 aromatic carbocycles. The molecule has 4 unspecified atom stereocenters. The second-order valence-electron chi connectivity index (χ2n) is 7.37. The second-order valence-corrected chi connectivity index (χ2v) is 7.37. The molecule has 4 atom stereocenters. The minimum atomic E-state index is -0.628. The average molecular weight is 293 g/mol. The van der Waals surface area contributed by atoms with Crippen molar-refractivity contribution in [2.75, 3.05) is 13.1 Å². The highest BCUT2D eigenvalue weighted by Gasteiger charge is 2.54. The summed E-state index contributed by atoms with van der Waals surface area (Å²) in [5.74, 6) is 0.658. The Hall–Kier alpha value is -1.17. The lowest BCUT2D eigenvalue weighted by Gasteiger charge is -2.47. The van der Waals surface area contributed by atoms with E-state index in [2.05, 4.69) is 10.2 Å². The summed E-state index contributed by atoms with van der Waals surface area (Å²) in [6.45, 7) is 2.21. The molecule has 3 saturated carbocycles. The van der Waals surface area contributed by atoms with Gasteiger partial charge in [-0.3, -0.25) is 19.8 Å². The van der Waals surface area contributed by atoms with E-state index in [4.69, 9.17) is 0 Å². The maximum atomic E-state index is 12.2. The first-order chi connectivity index (χ1) is 10.1. The molecule has 6 heteroatoms. The van der Waals surface area contributed by atoms with Gasteiger partial charge in [0.05, 0.1) is 0 Å². The molecule has 1 N–H and O–H groups in total. The van der Waals surface area contributed by atoms with Crippen LogP contribution in [0.4, 0.5) is 0 Å². The topological polar surface area (TPSA) is 75.5 Å². The standard InChI is InChI=1S/C15H23N3O3/c19-15(12-6-13(12)18(20)21)16-14-9-2-1-3-10(14)8-17(7-9)11-4-5-11/h9-14H,1-8H2,(H,16,19). The molecule has 3 aliphatic carbocycles. The van der Waals surface area contributed by atoms with Crippen molar-refractivity contribution in [3.05, 3.63) is 10.1 Å². The van der Waals surface area contributed by atoms with E-state index in [0.717, 1.165) is 19.1 Å². The molecule has 1 heterocycles. The third-order valence-electron chi connectivity index (χ3n) is 5.84.